The zero-order valence-electron chi connectivity index (χ0n) is 6.36. The normalized spacial score (nSPS) is 4.25. The van der Waals surface area contributed by atoms with Gasteiger partial charge in [-0.1, -0.05) is 22.6 Å². The number of hydrogen-bond donors (Lipinski definition) is 0. The van der Waals surface area contributed by atoms with Crippen molar-refractivity contribution in [1.29, 1.82) is 0 Å². The van der Waals surface area contributed by atoms with Crippen LogP contribution < -0.4 is 0 Å². The van der Waals surface area contributed by atoms with Crippen molar-refractivity contribution in [2.75, 3.05) is 4.93 Å². The van der Waals surface area contributed by atoms with E-state index in [0.717, 1.165) is 0 Å². The SMILES string of the molecule is CI.II.[CH2-]C(C)=O.[I][V][I].[W]. The van der Waals surface area contributed by atoms with Crippen LogP contribution >= 0.6 is 99.8 Å². The average molecular weight is 941 g/mol. The van der Waals surface area contributed by atoms with Gasteiger partial charge in [0.25, 0.3) is 0 Å². The molecule has 0 fully saturated rings. The van der Waals surface area contributed by atoms with Gasteiger partial charge in [0.15, 0.2) is 0 Å². The summed E-state index contributed by atoms with van der Waals surface area (Å²) < 4.78 is 0. The van der Waals surface area contributed by atoms with Gasteiger partial charge in [-0.2, -0.15) is 0 Å². The number of alkyl halides is 1. The molecule has 0 spiro atoms. The summed E-state index contributed by atoms with van der Waals surface area (Å²) in [6.07, 6.45) is 0. The Kier molecular flexibility index (Phi) is 113. The molecule has 77 valence electrons. The predicted octanol–water partition coefficient (Wildman–Crippen LogP) is 5.00. The van der Waals surface area contributed by atoms with E-state index in [1.807, 2.05) is 4.93 Å². The van der Waals surface area contributed by atoms with Crippen molar-refractivity contribution in [1.82, 2.24) is 0 Å². The first kappa shape index (κ1) is 30.0. The Hall–Kier alpha value is 4.46. The van der Waals surface area contributed by atoms with E-state index in [1.165, 1.54) is 6.92 Å². The van der Waals surface area contributed by atoms with Crippen LogP contribution in [0.4, 0.5) is 0 Å². The van der Waals surface area contributed by atoms with E-state index in [-0.39, 0.29) is 26.8 Å². The summed E-state index contributed by atoms with van der Waals surface area (Å²) in [4.78, 5) is 11.3. The molecule has 8 heteroatoms. The zero-order chi connectivity index (χ0) is 10.3. The standard InChI is InChI=1S/C3H5O.CH3I.I2.2HI.V.W/c1-3(2)4;2*1-2;;;;/h1H2,2H3;1H3;;2*1H;;/q-1;;;;;+2;/p-2. The molecule has 0 saturated carbocycles. The van der Waals surface area contributed by atoms with Crippen LogP contribution in [0.5, 0.6) is 0 Å². The fraction of sp³-hybridized carbons (Fsp3) is 0.500. The summed E-state index contributed by atoms with van der Waals surface area (Å²) >= 11 is 11.1. The molecule has 0 N–H and O–H groups in total. The maximum absolute atomic E-state index is 9.33. The molecule has 0 aliphatic rings. The first-order valence-electron chi connectivity index (χ1n) is 1.92. The van der Waals surface area contributed by atoms with Crippen molar-refractivity contribution in [3.8, 4) is 0 Å². The van der Waals surface area contributed by atoms with Crippen molar-refractivity contribution < 1.29 is 35.3 Å². The van der Waals surface area contributed by atoms with Crippen LogP contribution in [0.15, 0.2) is 0 Å². The second-order valence-electron chi connectivity index (χ2n) is 0.766. The van der Waals surface area contributed by atoms with Crippen molar-refractivity contribution >= 4 is 106 Å². The van der Waals surface area contributed by atoms with Gasteiger partial charge < -0.3 is 11.7 Å². The first-order chi connectivity index (χ1) is 5.15. The molecule has 0 unspecified atom stereocenters. The maximum Gasteiger partial charge on any atom is 0 e. The topological polar surface area (TPSA) is 17.1 Å². The van der Waals surface area contributed by atoms with E-state index in [9.17, 15) is 4.79 Å². The Labute approximate surface area is 155 Å². The fourth-order valence-corrected chi connectivity index (χ4v) is 0. The van der Waals surface area contributed by atoms with Crippen molar-refractivity contribution in [3.63, 3.8) is 0 Å². The molecule has 0 aromatic carbocycles. The van der Waals surface area contributed by atoms with Crippen LogP contribution in [0.2, 0.25) is 0 Å². The number of carbonyl (C=O) groups is 1. The number of ketones is 1. The quantitative estimate of drug-likeness (QED) is 0.190. The Balaban J connectivity index is -0.0000000186. The average Bonchev–Trinajstić information content (AvgIpc) is 1.96. The van der Waals surface area contributed by atoms with Crippen molar-refractivity contribution in [3.05, 3.63) is 6.92 Å². The number of Topliss-reactive ketones (excluding diaryl/α,β-unsaturated/α-hetero) is 1. The molecule has 0 aromatic heterocycles. The monoisotopic (exact) mass is 941 g/mol. The Morgan fingerprint density at radius 3 is 1.25 bits per heavy atom. The molecule has 0 heterocycles. The third-order valence-electron chi connectivity index (χ3n) is 0. The molecule has 0 aliphatic carbocycles. The Bertz CT molecular complexity index is 54.7. The van der Waals surface area contributed by atoms with Crippen molar-refractivity contribution in [2.45, 2.75) is 6.92 Å². The molecule has 0 bridgehead atoms. The minimum Gasteiger partial charge on any atom is 0 e. The minimum absolute atomic E-state index is 0. The maximum atomic E-state index is 9.33. The van der Waals surface area contributed by atoms with E-state index in [4.69, 9.17) is 0 Å². The molecule has 0 aliphatic heterocycles. The van der Waals surface area contributed by atoms with Crippen LogP contribution in [-0.4, -0.2) is 10.7 Å². The summed E-state index contributed by atoms with van der Waals surface area (Å²) in [5.74, 6) is -0.0833. The number of carbonyl (C=O) groups excluding carboxylic acids is 1. The van der Waals surface area contributed by atoms with E-state index >= 15 is 0 Å². The van der Waals surface area contributed by atoms with Crippen LogP contribution in [0.3, 0.4) is 0 Å². The molecule has 0 aromatic rings. The fourth-order valence-electron chi connectivity index (χ4n) is 0. The predicted molar refractivity (Wildman–Crippen MR) is 92.1 cm³/mol. The minimum atomic E-state index is -0.0833. The van der Waals surface area contributed by atoms with E-state index in [2.05, 4.69) is 107 Å². The molecule has 0 atom stereocenters. The van der Waals surface area contributed by atoms with Crippen molar-refractivity contribution in [2.24, 2.45) is 0 Å². The van der Waals surface area contributed by atoms with Crippen LogP contribution in [0.1, 0.15) is 6.92 Å². The van der Waals surface area contributed by atoms with Gasteiger partial charge in [-0.3, -0.25) is 0 Å². The summed E-state index contributed by atoms with van der Waals surface area (Å²) in [7, 11) is 0.628. The van der Waals surface area contributed by atoms with Gasteiger partial charge in [-0.15, -0.1) is 0 Å². The summed E-state index contributed by atoms with van der Waals surface area (Å²) in [6.45, 7) is 4.42. The third kappa shape index (κ3) is 132. The smallest absolute Gasteiger partial charge is 0 e. The largest absolute Gasteiger partial charge is 0 e. The van der Waals surface area contributed by atoms with E-state index in [0.29, 0.717) is 9.47 Å². The van der Waals surface area contributed by atoms with Gasteiger partial charge >= 0.3 is 49.4 Å². The van der Waals surface area contributed by atoms with Crippen LogP contribution in [0, 0.1) is 6.92 Å². The van der Waals surface area contributed by atoms with Gasteiger partial charge in [0.05, 0.1) is 0 Å². The first-order valence-corrected chi connectivity index (χ1v) is 19.4. The van der Waals surface area contributed by atoms with Gasteiger partial charge in [0.1, 0.15) is 0 Å². The van der Waals surface area contributed by atoms with Gasteiger partial charge in [-0.05, 0) is 17.6 Å². The van der Waals surface area contributed by atoms with Gasteiger partial charge in [0.2, 0.25) is 0 Å². The molecule has 0 saturated heterocycles. The molecule has 0 amide bonds. The Morgan fingerprint density at radius 1 is 1.25 bits per heavy atom. The van der Waals surface area contributed by atoms with Crippen LogP contribution in [-0.2, 0) is 35.3 Å². The third-order valence-corrected chi connectivity index (χ3v) is 0. The summed E-state index contributed by atoms with van der Waals surface area (Å²) in [5, 5.41) is 0. The molecular weight excluding hydrogens is 933 g/mol. The van der Waals surface area contributed by atoms with Gasteiger partial charge in [0, 0.05) is 58.3 Å². The second kappa shape index (κ2) is 45.2. The molecule has 0 radical (unpaired) electrons. The number of hydrogen-bond acceptors (Lipinski definition) is 1. The van der Waals surface area contributed by atoms with Gasteiger partial charge in [-0.25, -0.2) is 0 Å². The number of halogens is 5. The summed E-state index contributed by atoms with van der Waals surface area (Å²) in [5.41, 5.74) is 0. The Morgan fingerprint density at radius 2 is 1.25 bits per heavy atom. The second-order valence-corrected chi connectivity index (χ2v) is 12.6. The molecule has 12 heavy (non-hydrogen) atoms. The molecule has 1 nitrogen and oxygen atoms in total. The zero-order valence-corrected chi connectivity index (χ0v) is 21.5. The molecular formula is C4H8I5OVW-. The summed E-state index contributed by atoms with van der Waals surface area (Å²) in [6, 6.07) is 0. The van der Waals surface area contributed by atoms with E-state index in [1.54, 1.807) is 0 Å². The van der Waals surface area contributed by atoms with Crippen LogP contribution in [0.25, 0.3) is 0 Å². The van der Waals surface area contributed by atoms with E-state index < -0.39 is 0 Å². The number of rotatable bonds is 0. The molecule has 0 rings (SSSR count).